The second-order valence-electron chi connectivity index (χ2n) is 1.40. The van der Waals surface area contributed by atoms with Gasteiger partial charge in [0.05, 0.1) is 0 Å². The molecule has 4 N–H and O–H groups in total. The van der Waals surface area contributed by atoms with Crippen LogP contribution in [0.5, 0.6) is 0 Å². The van der Waals surface area contributed by atoms with E-state index in [4.69, 9.17) is 16.8 Å². The number of hydrogen-bond donors (Lipinski definition) is 3. The van der Waals surface area contributed by atoms with Gasteiger partial charge >= 0.3 is 0 Å². The molecule has 4 nitrogen and oxygen atoms in total. The van der Waals surface area contributed by atoms with Gasteiger partial charge in [0.15, 0.2) is 0 Å². The van der Waals surface area contributed by atoms with Gasteiger partial charge in [0.2, 0.25) is 4.91 Å². The van der Waals surface area contributed by atoms with Crippen molar-refractivity contribution < 1.29 is 0 Å². The Kier molecular flexibility index (Phi) is 5.47. The molecule has 0 bridgehead atoms. The van der Waals surface area contributed by atoms with E-state index in [0.717, 1.165) is 0 Å². The van der Waals surface area contributed by atoms with Gasteiger partial charge in [-0.25, -0.2) is 0 Å². The van der Waals surface area contributed by atoms with E-state index in [1.54, 1.807) is 11.3 Å². The third-order valence-corrected chi connectivity index (χ3v) is 1.68. The minimum atomic E-state index is 0.678. The average molecular weight is 157 g/mol. The molecule has 0 aliphatic heterocycles. The molecule has 0 spiro atoms. The predicted octanol–water partition coefficient (Wildman–Crippen LogP) is 1.32. The largest absolute Gasteiger partial charge is 0.326 e. The Labute approximate surface area is 62.7 Å². The zero-order valence-corrected chi connectivity index (χ0v) is 6.19. The van der Waals surface area contributed by atoms with E-state index in [2.05, 4.69) is 0 Å². The zero-order chi connectivity index (χ0) is 7.82. The van der Waals surface area contributed by atoms with Gasteiger partial charge in [0.1, 0.15) is 11.1 Å². The third-order valence-electron chi connectivity index (χ3n) is 0.781. The topological polar surface area (TPSA) is 87.8 Å². The molecule has 0 aliphatic carbocycles. The molecule has 1 aromatic rings. The van der Waals surface area contributed by atoms with Gasteiger partial charge in [-0.05, 0) is 11.4 Å². The summed E-state index contributed by atoms with van der Waals surface area (Å²) >= 11 is 1.70. The summed E-state index contributed by atoms with van der Waals surface area (Å²) in [5, 5.41) is 2.03. The van der Waals surface area contributed by atoms with Crippen LogP contribution >= 0.6 is 11.3 Å². The highest BCUT2D eigenvalue weighted by molar-refractivity contribution is 7.09. The summed E-state index contributed by atoms with van der Waals surface area (Å²) in [4.78, 5) is 3.25. The number of nitrogens with one attached hydrogen (secondary N) is 2. The summed E-state index contributed by atoms with van der Waals surface area (Å²) in [7, 11) is 0. The first-order valence-corrected chi connectivity index (χ1v) is 3.48. The molecule has 1 aromatic heterocycles. The highest BCUT2D eigenvalue weighted by Gasteiger charge is 1.82. The van der Waals surface area contributed by atoms with Crippen LogP contribution in [0.15, 0.2) is 17.5 Å². The van der Waals surface area contributed by atoms with E-state index in [-0.39, 0.29) is 0 Å². The molecule has 0 saturated carbocycles. The minimum absolute atomic E-state index is 0.678. The Morgan fingerprint density at radius 1 is 1.60 bits per heavy atom. The summed E-state index contributed by atoms with van der Waals surface area (Å²) in [5.74, 6) is 0. The van der Waals surface area contributed by atoms with E-state index in [1.807, 2.05) is 22.4 Å². The maximum Gasteiger partial charge on any atom is 0.211 e. The fraction of sp³-hybridized carbons (Fsp3) is 0.200. The Balaban J connectivity index is 0.000000236. The van der Waals surface area contributed by atoms with Crippen molar-refractivity contribution in [2.24, 2.45) is 5.73 Å². The average Bonchev–Trinajstić information content (AvgIpc) is 2.39. The molecule has 0 saturated heterocycles. The van der Waals surface area contributed by atoms with E-state index in [1.165, 1.54) is 4.88 Å². The Morgan fingerprint density at radius 3 is 2.40 bits per heavy atom. The normalized spacial score (nSPS) is 7.30. The summed E-state index contributed by atoms with van der Waals surface area (Å²) in [6.45, 7) is 0.678. The van der Waals surface area contributed by atoms with Crippen LogP contribution in [-0.4, -0.2) is 0 Å². The molecule has 0 atom stereocenters. The molecule has 1 heterocycles. The molecule has 10 heavy (non-hydrogen) atoms. The monoisotopic (exact) mass is 157 g/mol. The van der Waals surface area contributed by atoms with Crippen molar-refractivity contribution in [1.82, 2.24) is 4.91 Å². The second kappa shape index (κ2) is 6.10. The van der Waals surface area contributed by atoms with Crippen molar-refractivity contribution in [2.75, 3.05) is 0 Å². The van der Waals surface area contributed by atoms with Crippen LogP contribution in [0.25, 0.3) is 0 Å². The molecule has 0 radical (unpaired) electrons. The van der Waals surface area contributed by atoms with Gasteiger partial charge < -0.3 is 5.73 Å². The molecular weight excluding hydrogens is 148 g/mol. The Morgan fingerprint density at radius 2 is 2.20 bits per heavy atom. The molecule has 0 aliphatic rings. The first-order valence-electron chi connectivity index (χ1n) is 2.60. The van der Waals surface area contributed by atoms with Crippen LogP contribution in [-0.2, 0) is 6.54 Å². The van der Waals surface area contributed by atoms with Gasteiger partial charge in [-0.15, -0.1) is 11.3 Å². The molecule has 1 rings (SSSR count). The summed E-state index contributed by atoms with van der Waals surface area (Å²) < 4.78 is 0. The van der Waals surface area contributed by atoms with Crippen molar-refractivity contribution in [3.05, 3.63) is 22.4 Å². The van der Waals surface area contributed by atoms with Crippen molar-refractivity contribution >= 4 is 11.3 Å². The van der Waals surface area contributed by atoms with Crippen molar-refractivity contribution in [2.45, 2.75) is 6.54 Å². The highest BCUT2D eigenvalue weighted by atomic mass is 32.1. The first-order chi connectivity index (χ1) is 4.85. The minimum Gasteiger partial charge on any atom is -0.326 e. The van der Waals surface area contributed by atoms with Gasteiger partial charge in [-0.2, -0.15) is 0 Å². The number of thiophene rings is 1. The molecular formula is C5H9N4S+. The van der Waals surface area contributed by atoms with Gasteiger partial charge in [0, 0.05) is 11.4 Å². The van der Waals surface area contributed by atoms with E-state index in [0.29, 0.717) is 6.54 Å². The lowest BCUT2D eigenvalue weighted by atomic mass is 10.5. The van der Waals surface area contributed by atoms with Crippen LogP contribution in [0.4, 0.5) is 0 Å². The lowest BCUT2D eigenvalue weighted by molar-refractivity contribution is 0.928. The van der Waals surface area contributed by atoms with Crippen LogP contribution in [0, 0.1) is 11.1 Å². The lowest BCUT2D eigenvalue weighted by Gasteiger charge is -1.79. The first kappa shape index (κ1) is 8.97. The Bertz CT molecular complexity index is 187. The standard InChI is InChI=1S/C5H7NS.H2N3/c6-4-5-2-1-3-7-5;1-3-2/h1-3H,4,6H2;1-2H/q;+1. The van der Waals surface area contributed by atoms with Gasteiger partial charge in [-0.1, -0.05) is 6.07 Å². The van der Waals surface area contributed by atoms with Crippen LogP contribution in [0.3, 0.4) is 0 Å². The van der Waals surface area contributed by atoms with Crippen molar-refractivity contribution in [1.29, 1.82) is 11.1 Å². The van der Waals surface area contributed by atoms with E-state index in [9.17, 15) is 0 Å². The molecule has 0 unspecified atom stereocenters. The molecule has 5 heteroatoms. The number of hydrogen-bond acceptors (Lipinski definition) is 4. The molecule has 0 fully saturated rings. The molecule has 54 valence electrons. The SMILES string of the molecule is N=[N+]=N.NCc1cccs1. The van der Waals surface area contributed by atoms with Crippen LogP contribution in [0.1, 0.15) is 4.88 Å². The number of nitrogens with two attached hydrogens (primary N) is 1. The Hall–Kier alpha value is -1.03. The predicted molar refractivity (Wildman–Crippen MR) is 39.8 cm³/mol. The number of nitrogens with zero attached hydrogens (tertiary/aromatic N) is 1. The lowest BCUT2D eigenvalue weighted by Crippen LogP contribution is -1.90. The van der Waals surface area contributed by atoms with Crippen LogP contribution in [0.2, 0.25) is 0 Å². The van der Waals surface area contributed by atoms with Gasteiger partial charge in [-0.3, -0.25) is 0 Å². The fourth-order valence-electron chi connectivity index (χ4n) is 0.429. The van der Waals surface area contributed by atoms with Crippen molar-refractivity contribution in [3.8, 4) is 0 Å². The zero-order valence-electron chi connectivity index (χ0n) is 5.37. The highest BCUT2D eigenvalue weighted by Crippen LogP contribution is 2.05. The quantitative estimate of drug-likeness (QED) is 0.416. The maximum absolute atomic E-state index is 5.50. The molecule has 0 aromatic carbocycles. The second-order valence-corrected chi connectivity index (χ2v) is 2.43. The van der Waals surface area contributed by atoms with E-state index < -0.39 is 0 Å². The summed E-state index contributed by atoms with van der Waals surface area (Å²) in [5.41, 5.74) is 16.3. The fourth-order valence-corrected chi connectivity index (χ4v) is 1.01. The molecule has 0 amide bonds. The smallest absolute Gasteiger partial charge is 0.211 e. The maximum atomic E-state index is 5.50. The van der Waals surface area contributed by atoms with E-state index >= 15 is 0 Å². The summed E-state index contributed by atoms with van der Waals surface area (Å²) in [6.07, 6.45) is 0. The number of rotatable bonds is 1. The van der Waals surface area contributed by atoms with Crippen molar-refractivity contribution in [3.63, 3.8) is 0 Å². The summed E-state index contributed by atoms with van der Waals surface area (Å²) in [6, 6.07) is 4.04. The third kappa shape index (κ3) is 3.91. The van der Waals surface area contributed by atoms with Gasteiger partial charge in [0.25, 0.3) is 0 Å². The van der Waals surface area contributed by atoms with Crippen LogP contribution < -0.4 is 10.6 Å².